The molecule has 0 saturated carbocycles. The zero-order chi connectivity index (χ0) is 21.1. The maximum atomic E-state index is 12.9. The number of sulfonamides is 1. The van der Waals surface area contributed by atoms with Gasteiger partial charge in [-0.1, -0.05) is 17.8 Å². The molecule has 30 heavy (non-hydrogen) atoms. The van der Waals surface area contributed by atoms with Crippen molar-refractivity contribution in [3.63, 3.8) is 0 Å². The average molecular weight is 441 g/mol. The van der Waals surface area contributed by atoms with Crippen LogP contribution < -0.4 is 9.62 Å². The number of nitrogens with zero attached hydrogens (tertiary/aromatic N) is 3. The maximum Gasteiger partial charge on any atom is 0.261 e. The van der Waals surface area contributed by atoms with Crippen molar-refractivity contribution in [2.45, 2.75) is 34.7 Å². The molecule has 2 aromatic heterocycles. The molecule has 4 rings (SSSR count). The second-order valence-corrected chi connectivity index (χ2v) is 9.55. The summed E-state index contributed by atoms with van der Waals surface area (Å²) in [5.41, 5.74) is 2.07. The molecule has 1 amide bonds. The number of nitrogens with one attached hydrogen (secondary N) is 1. The zero-order valence-electron chi connectivity index (χ0n) is 16.3. The lowest BCUT2D eigenvalue weighted by molar-refractivity contribution is -0.116. The van der Waals surface area contributed by atoms with Crippen molar-refractivity contribution in [3.8, 4) is 0 Å². The molecule has 0 unspecified atom stereocenters. The van der Waals surface area contributed by atoms with Crippen LogP contribution in [-0.2, 0) is 21.2 Å². The van der Waals surface area contributed by atoms with Gasteiger partial charge in [0.1, 0.15) is 10.1 Å². The summed E-state index contributed by atoms with van der Waals surface area (Å²) in [5.74, 6) is -0.0422. The van der Waals surface area contributed by atoms with E-state index in [2.05, 4.69) is 14.7 Å². The van der Waals surface area contributed by atoms with Crippen molar-refractivity contribution in [2.75, 3.05) is 16.2 Å². The number of rotatable bonds is 5. The Morgan fingerprint density at radius 3 is 2.67 bits per heavy atom. The summed E-state index contributed by atoms with van der Waals surface area (Å²) < 4.78 is 28.5. The third kappa shape index (κ3) is 4.47. The first-order valence-electron chi connectivity index (χ1n) is 9.41. The molecule has 3 heterocycles. The van der Waals surface area contributed by atoms with Gasteiger partial charge in [0.05, 0.1) is 10.6 Å². The smallest absolute Gasteiger partial charge is 0.261 e. The van der Waals surface area contributed by atoms with Gasteiger partial charge in [-0.05, 0) is 60.9 Å². The van der Waals surface area contributed by atoms with Crippen molar-refractivity contribution in [2.24, 2.45) is 0 Å². The summed E-state index contributed by atoms with van der Waals surface area (Å²) >= 11 is 1.35. The molecule has 1 N–H and O–H groups in total. The quantitative estimate of drug-likeness (QED) is 0.650. The predicted molar refractivity (Wildman–Crippen MR) is 116 cm³/mol. The standard InChI is InChI=1S/C21H20N4O3S2/c1-15(26)25-12-4-5-16-13-18(7-8-19(16)25)30(27,28)24-17-9-11-23-21(14-17)29-20-6-2-3-10-22-20/h2-3,6-11,13-14H,4-5,12H2,1H3,(H,23,24). The summed E-state index contributed by atoms with van der Waals surface area (Å²) in [5, 5.41) is 1.41. The van der Waals surface area contributed by atoms with Gasteiger partial charge < -0.3 is 4.90 Å². The van der Waals surface area contributed by atoms with Gasteiger partial charge in [-0.2, -0.15) is 0 Å². The van der Waals surface area contributed by atoms with E-state index in [0.717, 1.165) is 29.1 Å². The highest BCUT2D eigenvalue weighted by Gasteiger charge is 2.23. The topological polar surface area (TPSA) is 92.3 Å². The van der Waals surface area contributed by atoms with E-state index in [1.54, 1.807) is 41.6 Å². The molecule has 1 aliphatic heterocycles. The van der Waals surface area contributed by atoms with Crippen molar-refractivity contribution in [1.29, 1.82) is 0 Å². The fourth-order valence-electron chi connectivity index (χ4n) is 3.33. The minimum Gasteiger partial charge on any atom is -0.312 e. The third-order valence-corrected chi connectivity index (χ3v) is 6.96. The fraction of sp³-hybridized carbons (Fsp3) is 0.190. The molecule has 7 nitrogen and oxygen atoms in total. The highest BCUT2D eigenvalue weighted by molar-refractivity contribution is 7.99. The highest BCUT2D eigenvalue weighted by atomic mass is 32.2. The summed E-state index contributed by atoms with van der Waals surface area (Å²) in [7, 11) is -3.78. The molecule has 0 atom stereocenters. The van der Waals surface area contributed by atoms with Crippen LogP contribution in [0.15, 0.2) is 75.9 Å². The molecule has 154 valence electrons. The molecule has 0 spiro atoms. The SMILES string of the molecule is CC(=O)N1CCCc2cc(S(=O)(=O)Nc3ccnc(Sc4ccccn4)c3)ccc21. The van der Waals surface area contributed by atoms with E-state index in [1.165, 1.54) is 24.8 Å². The van der Waals surface area contributed by atoms with Crippen molar-refractivity contribution >= 4 is 39.1 Å². The van der Waals surface area contributed by atoms with Crippen LogP contribution in [0.3, 0.4) is 0 Å². The van der Waals surface area contributed by atoms with Gasteiger partial charge in [-0.15, -0.1) is 0 Å². The second kappa shape index (κ2) is 8.45. The number of aryl methyl sites for hydroxylation is 1. The van der Waals surface area contributed by atoms with E-state index >= 15 is 0 Å². The number of benzene rings is 1. The van der Waals surface area contributed by atoms with E-state index in [-0.39, 0.29) is 10.8 Å². The van der Waals surface area contributed by atoms with E-state index in [0.29, 0.717) is 17.3 Å². The first-order chi connectivity index (χ1) is 14.4. The molecule has 3 aromatic rings. The molecule has 0 fully saturated rings. The van der Waals surface area contributed by atoms with Gasteiger partial charge in [0, 0.05) is 31.5 Å². The molecule has 0 radical (unpaired) electrons. The molecule has 0 bridgehead atoms. The lowest BCUT2D eigenvalue weighted by Crippen LogP contribution is -2.33. The van der Waals surface area contributed by atoms with Crippen LogP contribution in [0.1, 0.15) is 18.9 Å². The summed E-state index contributed by atoms with van der Waals surface area (Å²) in [6.07, 6.45) is 4.80. The number of aromatic nitrogens is 2. The maximum absolute atomic E-state index is 12.9. The van der Waals surface area contributed by atoms with Crippen LogP contribution in [0.4, 0.5) is 11.4 Å². The Morgan fingerprint density at radius 1 is 1.07 bits per heavy atom. The van der Waals surface area contributed by atoms with Gasteiger partial charge in [0.15, 0.2) is 0 Å². The number of hydrogen-bond donors (Lipinski definition) is 1. The minimum atomic E-state index is -3.78. The van der Waals surface area contributed by atoms with Crippen molar-refractivity contribution < 1.29 is 13.2 Å². The van der Waals surface area contributed by atoms with Crippen molar-refractivity contribution in [1.82, 2.24) is 9.97 Å². The number of hydrogen-bond acceptors (Lipinski definition) is 6. The van der Waals surface area contributed by atoms with Crippen LogP contribution in [-0.4, -0.2) is 30.8 Å². The van der Waals surface area contributed by atoms with E-state index in [4.69, 9.17) is 0 Å². The summed E-state index contributed by atoms with van der Waals surface area (Å²) in [4.78, 5) is 22.2. The second-order valence-electron chi connectivity index (χ2n) is 6.82. The molecule has 1 aliphatic rings. The monoisotopic (exact) mass is 440 g/mol. The van der Waals surface area contributed by atoms with Crippen LogP contribution in [0, 0.1) is 0 Å². The fourth-order valence-corrected chi connectivity index (χ4v) is 5.20. The zero-order valence-corrected chi connectivity index (χ0v) is 17.9. The van der Waals surface area contributed by atoms with E-state index in [1.807, 2.05) is 18.2 Å². The van der Waals surface area contributed by atoms with Gasteiger partial charge >= 0.3 is 0 Å². The number of amides is 1. The van der Waals surface area contributed by atoms with Gasteiger partial charge in [-0.3, -0.25) is 9.52 Å². The van der Waals surface area contributed by atoms with E-state index < -0.39 is 10.0 Å². The van der Waals surface area contributed by atoms with Crippen LogP contribution in [0.2, 0.25) is 0 Å². The molecular weight excluding hydrogens is 420 g/mol. The number of carbonyl (C=O) groups excluding carboxylic acids is 1. The number of anilines is 2. The first kappa shape index (κ1) is 20.4. The van der Waals surface area contributed by atoms with Crippen molar-refractivity contribution in [3.05, 3.63) is 66.5 Å². The van der Waals surface area contributed by atoms with E-state index in [9.17, 15) is 13.2 Å². The van der Waals surface area contributed by atoms with Crippen LogP contribution in [0.5, 0.6) is 0 Å². The molecule has 0 saturated heterocycles. The number of fused-ring (bicyclic) bond motifs is 1. The Hall–Kier alpha value is -2.91. The number of pyridine rings is 2. The third-order valence-electron chi connectivity index (χ3n) is 4.69. The Labute approximate surface area is 179 Å². The Bertz CT molecular complexity index is 1180. The first-order valence-corrected chi connectivity index (χ1v) is 11.7. The summed E-state index contributed by atoms with van der Waals surface area (Å²) in [6.45, 7) is 2.17. The lowest BCUT2D eigenvalue weighted by Gasteiger charge is -2.28. The normalized spacial score (nSPS) is 13.6. The van der Waals surface area contributed by atoms with Crippen LogP contribution >= 0.6 is 11.8 Å². The Morgan fingerprint density at radius 2 is 1.90 bits per heavy atom. The Kier molecular flexibility index (Phi) is 5.74. The predicted octanol–water partition coefficient (Wildman–Crippen LogP) is 3.73. The number of carbonyl (C=O) groups is 1. The Balaban J connectivity index is 1.56. The highest BCUT2D eigenvalue weighted by Crippen LogP contribution is 2.31. The molecule has 0 aliphatic carbocycles. The lowest BCUT2D eigenvalue weighted by atomic mass is 10.0. The minimum absolute atomic E-state index is 0.0422. The average Bonchev–Trinajstić information content (AvgIpc) is 2.73. The van der Waals surface area contributed by atoms with Crippen LogP contribution in [0.25, 0.3) is 0 Å². The van der Waals surface area contributed by atoms with Gasteiger partial charge in [-0.25, -0.2) is 18.4 Å². The largest absolute Gasteiger partial charge is 0.312 e. The van der Waals surface area contributed by atoms with Gasteiger partial charge in [0.2, 0.25) is 5.91 Å². The molecule has 9 heteroatoms. The molecule has 1 aromatic carbocycles. The summed E-state index contributed by atoms with van der Waals surface area (Å²) in [6, 6.07) is 13.7. The van der Waals surface area contributed by atoms with Gasteiger partial charge in [0.25, 0.3) is 10.0 Å². The molecular formula is C21H20N4O3S2.